The largest absolute Gasteiger partial charge is 0.444 e. The summed E-state index contributed by atoms with van der Waals surface area (Å²) >= 11 is 0. The predicted molar refractivity (Wildman–Crippen MR) is 90.7 cm³/mol. The van der Waals surface area contributed by atoms with E-state index in [9.17, 15) is 9.59 Å². The lowest BCUT2D eigenvalue weighted by Crippen LogP contribution is -2.51. The summed E-state index contributed by atoms with van der Waals surface area (Å²) in [6.45, 7) is 7.24. The third-order valence-electron chi connectivity index (χ3n) is 3.13. The predicted octanol–water partition coefficient (Wildman–Crippen LogP) is 2.70. The molecule has 134 valence electrons. The Hall–Kier alpha value is -1.92. The summed E-state index contributed by atoms with van der Waals surface area (Å²) in [6, 6.07) is 8.76. The summed E-state index contributed by atoms with van der Waals surface area (Å²) in [4.78, 5) is 24.2. The SMILES string of the molecule is COCC(=O)C(NC(=O)OC(C)(C)C)C(C)OCc1ccccc1. The van der Waals surface area contributed by atoms with E-state index in [2.05, 4.69) is 5.32 Å². The van der Waals surface area contributed by atoms with Crippen LogP contribution in [-0.4, -0.2) is 43.3 Å². The second kappa shape index (κ2) is 9.39. The Morgan fingerprint density at radius 2 is 1.79 bits per heavy atom. The van der Waals surface area contributed by atoms with Gasteiger partial charge in [-0.05, 0) is 33.3 Å². The highest BCUT2D eigenvalue weighted by molar-refractivity contribution is 5.89. The summed E-state index contributed by atoms with van der Waals surface area (Å²) in [5.41, 5.74) is 0.340. The van der Waals surface area contributed by atoms with Crippen LogP contribution in [-0.2, 0) is 25.6 Å². The van der Waals surface area contributed by atoms with E-state index in [1.807, 2.05) is 30.3 Å². The molecule has 6 nitrogen and oxygen atoms in total. The molecule has 0 fully saturated rings. The van der Waals surface area contributed by atoms with Crippen molar-refractivity contribution in [3.8, 4) is 0 Å². The standard InChI is InChI=1S/C18H27NO5/c1-13(23-11-14-9-7-6-8-10-14)16(15(20)12-22-5)19-17(21)24-18(2,3)4/h6-10,13,16H,11-12H2,1-5H3,(H,19,21). The monoisotopic (exact) mass is 337 g/mol. The van der Waals surface area contributed by atoms with Crippen molar-refractivity contribution >= 4 is 11.9 Å². The molecule has 1 aromatic carbocycles. The van der Waals surface area contributed by atoms with Gasteiger partial charge in [-0.1, -0.05) is 30.3 Å². The van der Waals surface area contributed by atoms with Crippen LogP contribution in [0.25, 0.3) is 0 Å². The van der Waals surface area contributed by atoms with Crippen LogP contribution in [0.3, 0.4) is 0 Å². The van der Waals surface area contributed by atoms with Crippen molar-refractivity contribution in [2.75, 3.05) is 13.7 Å². The summed E-state index contributed by atoms with van der Waals surface area (Å²) in [5, 5.41) is 2.58. The highest BCUT2D eigenvalue weighted by Gasteiger charge is 2.29. The maximum atomic E-state index is 12.2. The van der Waals surface area contributed by atoms with Crippen molar-refractivity contribution < 1.29 is 23.8 Å². The number of ether oxygens (including phenoxy) is 3. The van der Waals surface area contributed by atoms with Crippen LogP contribution in [0.1, 0.15) is 33.3 Å². The zero-order chi connectivity index (χ0) is 18.2. The number of hydrogen-bond acceptors (Lipinski definition) is 5. The van der Waals surface area contributed by atoms with Crippen molar-refractivity contribution in [3.05, 3.63) is 35.9 Å². The van der Waals surface area contributed by atoms with Gasteiger partial charge in [-0.2, -0.15) is 0 Å². The molecule has 1 N–H and O–H groups in total. The van der Waals surface area contributed by atoms with Gasteiger partial charge in [0.1, 0.15) is 18.2 Å². The molecule has 0 aliphatic heterocycles. The van der Waals surface area contributed by atoms with Gasteiger partial charge in [-0.25, -0.2) is 4.79 Å². The molecule has 24 heavy (non-hydrogen) atoms. The van der Waals surface area contributed by atoms with Crippen molar-refractivity contribution in [1.29, 1.82) is 0 Å². The van der Waals surface area contributed by atoms with Crippen LogP contribution in [0.15, 0.2) is 30.3 Å². The van der Waals surface area contributed by atoms with Crippen molar-refractivity contribution in [2.45, 2.75) is 52.0 Å². The molecule has 0 aliphatic carbocycles. The third kappa shape index (κ3) is 7.57. The van der Waals surface area contributed by atoms with E-state index in [1.54, 1.807) is 27.7 Å². The Morgan fingerprint density at radius 1 is 1.17 bits per heavy atom. The number of alkyl carbamates (subject to hydrolysis) is 1. The molecule has 0 bridgehead atoms. The zero-order valence-electron chi connectivity index (χ0n) is 15.0. The number of Topliss-reactive ketones (excluding diaryl/α,β-unsaturated/α-hetero) is 1. The van der Waals surface area contributed by atoms with E-state index in [0.717, 1.165) is 5.56 Å². The Kier molecular flexibility index (Phi) is 7.88. The molecule has 0 saturated heterocycles. The van der Waals surface area contributed by atoms with Crippen molar-refractivity contribution in [2.24, 2.45) is 0 Å². The number of methoxy groups -OCH3 is 1. The minimum Gasteiger partial charge on any atom is -0.444 e. The molecule has 0 saturated carbocycles. The second-order valence-electron chi connectivity index (χ2n) is 6.52. The summed E-state index contributed by atoms with van der Waals surface area (Å²) in [5.74, 6) is -0.274. The minimum atomic E-state index is -0.844. The minimum absolute atomic E-state index is 0.112. The topological polar surface area (TPSA) is 73.9 Å². The molecule has 0 heterocycles. The van der Waals surface area contributed by atoms with Crippen LogP contribution < -0.4 is 5.32 Å². The maximum absolute atomic E-state index is 12.2. The first-order chi connectivity index (χ1) is 11.2. The van der Waals surface area contributed by atoms with E-state index < -0.39 is 23.8 Å². The lowest BCUT2D eigenvalue weighted by Gasteiger charge is -2.26. The first kappa shape index (κ1) is 20.1. The lowest BCUT2D eigenvalue weighted by atomic mass is 10.1. The summed E-state index contributed by atoms with van der Waals surface area (Å²) in [7, 11) is 1.43. The van der Waals surface area contributed by atoms with Gasteiger partial charge in [-0.3, -0.25) is 4.79 Å². The van der Waals surface area contributed by atoms with E-state index >= 15 is 0 Å². The number of rotatable bonds is 8. The molecule has 0 radical (unpaired) electrons. The molecule has 0 aromatic heterocycles. The van der Waals surface area contributed by atoms with Crippen molar-refractivity contribution in [1.82, 2.24) is 5.32 Å². The first-order valence-electron chi connectivity index (χ1n) is 7.89. The normalized spacial score (nSPS) is 13.9. The van der Waals surface area contributed by atoms with Crippen LogP contribution in [0.5, 0.6) is 0 Å². The van der Waals surface area contributed by atoms with Gasteiger partial charge in [-0.15, -0.1) is 0 Å². The molecule has 0 aliphatic rings. The Morgan fingerprint density at radius 3 is 2.33 bits per heavy atom. The highest BCUT2D eigenvalue weighted by Crippen LogP contribution is 2.10. The van der Waals surface area contributed by atoms with Crippen LogP contribution in [0.2, 0.25) is 0 Å². The van der Waals surface area contributed by atoms with E-state index in [-0.39, 0.29) is 12.4 Å². The second-order valence-corrected chi connectivity index (χ2v) is 6.52. The molecule has 1 rings (SSSR count). The molecular formula is C18H27NO5. The molecule has 2 atom stereocenters. The summed E-state index contributed by atoms with van der Waals surface area (Å²) < 4.78 is 15.8. The fraction of sp³-hybridized carbons (Fsp3) is 0.556. The van der Waals surface area contributed by atoms with E-state index in [1.165, 1.54) is 7.11 Å². The number of carbonyl (C=O) groups excluding carboxylic acids is 2. The fourth-order valence-electron chi connectivity index (χ4n) is 2.02. The van der Waals surface area contributed by atoms with Crippen LogP contribution >= 0.6 is 0 Å². The number of carbonyl (C=O) groups is 2. The average Bonchev–Trinajstić information content (AvgIpc) is 2.50. The molecule has 6 heteroatoms. The molecule has 1 aromatic rings. The first-order valence-corrected chi connectivity index (χ1v) is 7.89. The maximum Gasteiger partial charge on any atom is 0.408 e. The van der Waals surface area contributed by atoms with Gasteiger partial charge in [0.15, 0.2) is 5.78 Å². The van der Waals surface area contributed by atoms with E-state index in [4.69, 9.17) is 14.2 Å². The van der Waals surface area contributed by atoms with Gasteiger partial charge in [0, 0.05) is 7.11 Å². The quantitative estimate of drug-likeness (QED) is 0.789. The van der Waals surface area contributed by atoms with Crippen molar-refractivity contribution in [3.63, 3.8) is 0 Å². The highest BCUT2D eigenvalue weighted by atomic mass is 16.6. The number of nitrogens with one attached hydrogen (secondary N) is 1. The zero-order valence-corrected chi connectivity index (χ0v) is 15.0. The van der Waals surface area contributed by atoms with Gasteiger partial charge < -0.3 is 19.5 Å². The average molecular weight is 337 g/mol. The Bertz CT molecular complexity index is 524. The van der Waals surface area contributed by atoms with Crippen LogP contribution in [0, 0.1) is 0 Å². The fourth-order valence-corrected chi connectivity index (χ4v) is 2.02. The molecule has 1 amide bonds. The third-order valence-corrected chi connectivity index (χ3v) is 3.13. The number of amides is 1. The van der Waals surface area contributed by atoms with Gasteiger partial charge >= 0.3 is 6.09 Å². The van der Waals surface area contributed by atoms with Gasteiger partial charge in [0.05, 0.1) is 12.7 Å². The lowest BCUT2D eigenvalue weighted by molar-refractivity contribution is -0.128. The van der Waals surface area contributed by atoms with E-state index in [0.29, 0.717) is 6.61 Å². The Balaban J connectivity index is 2.69. The number of ketones is 1. The number of hydrogen-bond donors (Lipinski definition) is 1. The smallest absolute Gasteiger partial charge is 0.408 e. The molecule has 2 unspecified atom stereocenters. The molecule has 0 spiro atoms. The van der Waals surface area contributed by atoms with Crippen LogP contribution in [0.4, 0.5) is 4.79 Å². The van der Waals surface area contributed by atoms with Gasteiger partial charge in [0.25, 0.3) is 0 Å². The Labute approximate surface area is 143 Å². The van der Waals surface area contributed by atoms with Gasteiger partial charge in [0.2, 0.25) is 0 Å². The number of benzene rings is 1. The molecular weight excluding hydrogens is 310 g/mol. The summed E-state index contributed by atoms with van der Waals surface area (Å²) in [6.07, 6.45) is -1.19.